The molecule has 2 heteroatoms. The molecule has 0 aromatic rings. The van der Waals surface area contributed by atoms with E-state index in [0.717, 1.165) is 0 Å². The Morgan fingerprint density at radius 1 is 1.22 bits per heavy atom. The molecule has 0 unspecified atom stereocenters. The fourth-order valence-electron chi connectivity index (χ4n) is 0.553. The van der Waals surface area contributed by atoms with Gasteiger partial charge in [0.1, 0.15) is 0 Å². The quantitative estimate of drug-likeness (QED) is 0.365. The van der Waals surface area contributed by atoms with Crippen molar-refractivity contribution in [2.45, 2.75) is 39.5 Å². The summed E-state index contributed by atoms with van der Waals surface area (Å²) < 4.78 is 0. The molecule has 9 heavy (non-hydrogen) atoms. The van der Waals surface area contributed by atoms with Gasteiger partial charge in [-0.2, -0.15) is 12.8 Å². The molecule has 0 saturated heterocycles. The molecule has 0 spiro atoms. The predicted molar refractivity (Wildman–Crippen MR) is 34.1 cm³/mol. The van der Waals surface area contributed by atoms with Crippen LogP contribution in [0.2, 0.25) is 0 Å². The number of hydrogen-bond donors (Lipinski definition) is 0. The summed E-state index contributed by atoms with van der Waals surface area (Å²) in [6.07, 6.45) is 7.58. The minimum Gasteiger partial charge on any atom is -1.00 e. The maximum atomic E-state index is 2.34. The topological polar surface area (TPSA) is 0 Å². The van der Waals surface area contributed by atoms with Crippen molar-refractivity contribution >= 4 is 0 Å². The molecule has 0 aromatic carbocycles. The molecule has 0 bridgehead atoms. The number of hydrogen-bond acceptors (Lipinski definition) is 0. The summed E-state index contributed by atoms with van der Waals surface area (Å²) in [6.45, 7) is 4.42. The zero-order chi connectivity index (χ0) is 5.54. The van der Waals surface area contributed by atoms with E-state index >= 15 is 0 Å². The monoisotopic (exact) mass is 242 g/mol. The summed E-state index contributed by atoms with van der Waals surface area (Å²) in [4.78, 5) is 0. The van der Waals surface area contributed by atoms with Gasteiger partial charge in [-0.1, -0.05) is 26.7 Å². The van der Waals surface area contributed by atoms with Crippen molar-refractivity contribution in [1.82, 2.24) is 0 Å². The van der Waals surface area contributed by atoms with Gasteiger partial charge in [-0.05, 0) is 0 Å². The van der Waals surface area contributed by atoms with Gasteiger partial charge in [0, 0.05) is 0 Å². The molecule has 0 N–H and O–H groups in total. The van der Waals surface area contributed by atoms with Crippen molar-refractivity contribution in [3.8, 4) is 0 Å². The number of rotatable bonds is 4. The Kier molecular flexibility index (Phi) is 29.6. The van der Waals surface area contributed by atoms with Gasteiger partial charge in [0.25, 0.3) is 0 Å². The van der Waals surface area contributed by atoms with Gasteiger partial charge in [-0.3, -0.25) is 0 Å². The maximum Gasteiger partial charge on any atom is 2.00 e. The Labute approximate surface area is 82.3 Å². The summed E-state index contributed by atoms with van der Waals surface area (Å²) in [6, 6.07) is 0. The van der Waals surface area contributed by atoms with Crippen LogP contribution in [0.15, 0.2) is 0 Å². The van der Waals surface area contributed by atoms with Crippen LogP contribution in [0.5, 0.6) is 0 Å². The molecule has 0 heterocycles. The average molecular weight is 244 g/mol. The van der Waals surface area contributed by atoms with E-state index in [4.69, 9.17) is 0 Å². The van der Waals surface area contributed by atoms with Crippen LogP contribution in [0.4, 0.5) is 0 Å². The number of halogens is 1. The summed E-state index contributed by atoms with van der Waals surface area (Å²) in [5.41, 5.74) is 0. The molecule has 0 aliphatic rings. The molecule has 0 radical (unpaired) electrons. The second-order valence-corrected chi connectivity index (χ2v) is 1.84. The predicted octanol–water partition coefficient (Wildman–Crippen LogP) is -0.208. The van der Waals surface area contributed by atoms with Gasteiger partial charge in [0.2, 0.25) is 0 Å². The van der Waals surface area contributed by atoms with Crippen LogP contribution in [0, 0.1) is 6.42 Å². The second-order valence-electron chi connectivity index (χ2n) is 1.84. The van der Waals surface area contributed by atoms with Crippen molar-refractivity contribution in [3.05, 3.63) is 6.42 Å². The van der Waals surface area contributed by atoms with Gasteiger partial charge >= 0.3 is 19.5 Å². The van der Waals surface area contributed by atoms with Gasteiger partial charge in [-0.25, -0.2) is 0 Å². The van der Waals surface area contributed by atoms with Crippen LogP contribution < -0.4 is 17.0 Å². The SMILES string of the molecule is CC[CH-]CCCC.[Br-].[Zn+2]. The minimum atomic E-state index is 0. The molecular formula is C7H15BrZn. The van der Waals surface area contributed by atoms with Crippen LogP contribution in [-0.4, -0.2) is 0 Å². The third kappa shape index (κ3) is 17.6. The second kappa shape index (κ2) is 16.0. The molecule has 0 amide bonds. The first kappa shape index (κ1) is 16.6. The van der Waals surface area contributed by atoms with Crippen LogP contribution >= 0.6 is 0 Å². The zero-order valence-electron chi connectivity index (χ0n) is 6.49. The van der Waals surface area contributed by atoms with E-state index in [0.29, 0.717) is 0 Å². The van der Waals surface area contributed by atoms with Crippen LogP contribution in [0.25, 0.3) is 0 Å². The van der Waals surface area contributed by atoms with Crippen LogP contribution in [0.1, 0.15) is 39.5 Å². The van der Waals surface area contributed by atoms with Crippen LogP contribution in [-0.2, 0) is 19.5 Å². The molecule has 0 aromatic heterocycles. The standard InChI is InChI=1S/C7H15.BrH.Zn/c1-3-5-7-6-4-2;;/h5H,3-4,6-7H2,1-2H3;1H;/q-1;;+2/p-1. The molecule has 0 rings (SSSR count). The van der Waals surface area contributed by atoms with Gasteiger partial charge in [0.05, 0.1) is 0 Å². The van der Waals surface area contributed by atoms with Gasteiger partial charge in [0.15, 0.2) is 0 Å². The summed E-state index contributed by atoms with van der Waals surface area (Å²) in [7, 11) is 0. The van der Waals surface area contributed by atoms with E-state index in [9.17, 15) is 0 Å². The largest absolute Gasteiger partial charge is 2.00 e. The van der Waals surface area contributed by atoms with E-state index in [-0.39, 0.29) is 36.5 Å². The summed E-state index contributed by atoms with van der Waals surface area (Å²) in [5.74, 6) is 0. The molecule has 0 nitrogen and oxygen atoms in total. The van der Waals surface area contributed by atoms with Crippen molar-refractivity contribution in [3.63, 3.8) is 0 Å². The Morgan fingerprint density at radius 3 is 2.11 bits per heavy atom. The fraction of sp³-hybridized carbons (Fsp3) is 0.857. The molecular weight excluding hydrogens is 229 g/mol. The van der Waals surface area contributed by atoms with Gasteiger partial charge < -0.3 is 23.4 Å². The molecule has 0 fully saturated rings. The van der Waals surface area contributed by atoms with Crippen molar-refractivity contribution in [2.75, 3.05) is 0 Å². The fourth-order valence-corrected chi connectivity index (χ4v) is 0.553. The average Bonchev–Trinajstić information content (AvgIpc) is 1.69. The van der Waals surface area contributed by atoms with Crippen LogP contribution in [0.3, 0.4) is 0 Å². The van der Waals surface area contributed by atoms with E-state index in [1.165, 1.54) is 25.7 Å². The molecule has 0 aliphatic heterocycles. The Bertz CT molecular complexity index is 28.1. The Balaban J connectivity index is -0.000000180. The van der Waals surface area contributed by atoms with Crippen molar-refractivity contribution in [2.24, 2.45) is 0 Å². The third-order valence-corrected chi connectivity index (χ3v) is 1.05. The van der Waals surface area contributed by atoms with E-state index in [1.807, 2.05) is 0 Å². The van der Waals surface area contributed by atoms with Gasteiger partial charge in [-0.15, -0.1) is 0 Å². The third-order valence-electron chi connectivity index (χ3n) is 1.05. The zero-order valence-corrected chi connectivity index (χ0v) is 11.0. The van der Waals surface area contributed by atoms with E-state index in [2.05, 4.69) is 20.3 Å². The molecule has 0 saturated carbocycles. The molecule has 52 valence electrons. The summed E-state index contributed by atoms with van der Waals surface area (Å²) in [5, 5.41) is 0. The van der Waals surface area contributed by atoms with Crippen molar-refractivity contribution in [1.29, 1.82) is 0 Å². The first-order chi connectivity index (χ1) is 3.41. The minimum absolute atomic E-state index is 0. The number of unbranched alkanes of at least 4 members (excludes halogenated alkanes) is 4. The normalized spacial score (nSPS) is 7.33. The smallest absolute Gasteiger partial charge is 1.00 e. The summed E-state index contributed by atoms with van der Waals surface area (Å²) >= 11 is 0. The van der Waals surface area contributed by atoms with Crippen molar-refractivity contribution < 1.29 is 36.5 Å². The Morgan fingerprint density at radius 2 is 1.78 bits per heavy atom. The van der Waals surface area contributed by atoms with E-state index in [1.54, 1.807) is 0 Å². The first-order valence-corrected chi connectivity index (χ1v) is 3.23. The Hall–Kier alpha value is 1.10. The molecule has 0 aliphatic carbocycles. The van der Waals surface area contributed by atoms with E-state index < -0.39 is 0 Å². The first-order valence-electron chi connectivity index (χ1n) is 3.23. The maximum absolute atomic E-state index is 2.34. The molecule has 0 atom stereocenters.